The van der Waals surface area contributed by atoms with Crippen LogP contribution in [0.3, 0.4) is 0 Å². The average molecular weight is 335 g/mol. The summed E-state index contributed by atoms with van der Waals surface area (Å²) in [7, 11) is 0. The topological polar surface area (TPSA) is 12.9 Å². The predicted molar refractivity (Wildman–Crippen MR) is 113 cm³/mol. The minimum atomic E-state index is 0.945. The molecule has 0 fully saturated rings. The molecule has 4 aromatic carbocycles. The van der Waals surface area contributed by atoms with Gasteiger partial charge in [-0.05, 0) is 52.1 Å². The lowest BCUT2D eigenvalue weighted by Crippen LogP contribution is -1.96. The van der Waals surface area contributed by atoms with Crippen molar-refractivity contribution in [2.24, 2.45) is 0 Å². The fraction of sp³-hybridized carbons (Fsp3) is 0.160. The monoisotopic (exact) mass is 335 g/mol. The van der Waals surface area contributed by atoms with E-state index in [0.29, 0.717) is 0 Å². The zero-order valence-electron chi connectivity index (χ0n) is 15.2. The minimum absolute atomic E-state index is 0.945. The number of nitrogens with zero attached hydrogens (tertiary/aromatic N) is 1. The first-order chi connectivity index (χ1) is 12.8. The molecule has 5 rings (SSSR count). The highest BCUT2D eigenvalue weighted by molar-refractivity contribution is 6.27. The molecular weight excluding hydrogens is 314 g/mol. The summed E-state index contributed by atoms with van der Waals surface area (Å²) in [4.78, 5) is 5.05. The number of aryl methyl sites for hydroxylation is 2. The molecule has 26 heavy (non-hydrogen) atoms. The Morgan fingerprint density at radius 3 is 2.15 bits per heavy atom. The van der Waals surface area contributed by atoms with Gasteiger partial charge in [-0.2, -0.15) is 0 Å². The molecule has 5 aromatic rings. The van der Waals surface area contributed by atoms with Gasteiger partial charge in [-0.25, -0.2) is 0 Å². The van der Waals surface area contributed by atoms with E-state index in [-0.39, 0.29) is 0 Å². The Morgan fingerprint density at radius 2 is 1.38 bits per heavy atom. The van der Waals surface area contributed by atoms with Crippen LogP contribution < -0.4 is 0 Å². The van der Waals surface area contributed by atoms with Gasteiger partial charge in [0.2, 0.25) is 0 Å². The van der Waals surface area contributed by atoms with Gasteiger partial charge >= 0.3 is 0 Å². The smallest absolute Gasteiger partial charge is 0.0718 e. The first-order valence-electron chi connectivity index (χ1n) is 9.46. The molecule has 0 amide bonds. The number of fused-ring (bicyclic) bond motifs is 7. The maximum absolute atomic E-state index is 5.05. The van der Waals surface area contributed by atoms with Gasteiger partial charge in [-0.1, -0.05) is 68.4 Å². The molecule has 0 N–H and O–H groups in total. The minimum Gasteiger partial charge on any atom is -0.252 e. The van der Waals surface area contributed by atoms with Gasteiger partial charge < -0.3 is 0 Å². The SMILES string of the molecule is CCc1cc2c(CC)nc3ccc4ccccc4c3c2c2ccccc12. The van der Waals surface area contributed by atoms with Crippen molar-refractivity contribution >= 4 is 43.2 Å². The summed E-state index contributed by atoms with van der Waals surface area (Å²) in [5.41, 5.74) is 3.70. The lowest BCUT2D eigenvalue weighted by molar-refractivity contribution is 1.08. The number of benzene rings is 4. The number of hydrogen-bond donors (Lipinski definition) is 0. The third kappa shape index (κ3) is 2.07. The third-order valence-corrected chi connectivity index (χ3v) is 5.57. The summed E-state index contributed by atoms with van der Waals surface area (Å²) < 4.78 is 0. The Bertz CT molecular complexity index is 1300. The van der Waals surface area contributed by atoms with Crippen LogP contribution in [-0.4, -0.2) is 4.98 Å². The first kappa shape index (κ1) is 15.3. The zero-order chi connectivity index (χ0) is 17.7. The van der Waals surface area contributed by atoms with E-state index in [1.807, 2.05) is 0 Å². The fourth-order valence-corrected chi connectivity index (χ4v) is 4.33. The molecule has 1 aromatic heterocycles. The van der Waals surface area contributed by atoms with Crippen LogP contribution in [-0.2, 0) is 12.8 Å². The van der Waals surface area contributed by atoms with E-state index in [0.717, 1.165) is 18.4 Å². The van der Waals surface area contributed by atoms with Crippen molar-refractivity contribution < 1.29 is 0 Å². The van der Waals surface area contributed by atoms with E-state index in [1.54, 1.807) is 0 Å². The molecule has 0 saturated heterocycles. The van der Waals surface area contributed by atoms with Crippen LogP contribution in [0.1, 0.15) is 25.1 Å². The molecule has 1 heterocycles. The molecule has 0 bridgehead atoms. The molecule has 0 unspecified atom stereocenters. The van der Waals surface area contributed by atoms with Crippen LogP contribution in [0, 0.1) is 0 Å². The number of aromatic nitrogens is 1. The molecule has 0 radical (unpaired) electrons. The molecule has 0 aliphatic carbocycles. The fourth-order valence-electron chi connectivity index (χ4n) is 4.33. The summed E-state index contributed by atoms with van der Waals surface area (Å²) in [6, 6.07) is 24.3. The summed E-state index contributed by atoms with van der Waals surface area (Å²) in [6.45, 7) is 4.44. The standard InChI is InChI=1S/C25H21N/c1-3-16-15-21-22(4-2)26-23-14-13-17-9-5-6-11-19(17)25(23)24(21)20-12-8-7-10-18(16)20/h5-15H,3-4H2,1-2H3. The Hall–Kier alpha value is -2.93. The summed E-state index contributed by atoms with van der Waals surface area (Å²) in [5.74, 6) is 0. The Balaban J connectivity index is 2.17. The van der Waals surface area contributed by atoms with Gasteiger partial charge in [-0.3, -0.25) is 4.98 Å². The van der Waals surface area contributed by atoms with Gasteiger partial charge in [0.15, 0.2) is 0 Å². The van der Waals surface area contributed by atoms with Gasteiger partial charge in [-0.15, -0.1) is 0 Å². The number of hydrogen-bond acceptors (Lipinski definition) is 1. The van der Waals surface area contributed by atoms with Crippen molar-refractivity contribution in [1.82, 2.24) is 4.98 Å². The van der Waals surface area contributed by atoms with E-state index in [2.05, 4.69) is 80.6 Å². The van der Waals surface area contributed by atoms with Gasteiger partial charge in [0, 0.05) is 21.9 Å². The second kappa shape index (κ2) is 5.81. The van der Waals surface area contributed by atoms with E-state index in [1.165, 1.54) is 49.0 Å². The van der Waals surface area contributed by atoms with Crippen molar-refractivity contribution in [3.8, 4) is 0 Å². The Labute approximate surface area is 153 Å². The lowest BCUT2D eigenvalue weighted by atomic mass is 9.91. The molecule has 0 aliphatic rings. The van der Waals surface area contributed by atoms with Crippen LogP contribution in [0.15, 0.2) is 66.7 Å². The van der Waals surface area contributed by atoms with Gasteiger partial charge in [0.1, 0.15) is 0 Å². The van der Waals surface area contributed by atoms with Gasteiger partial charge in [0.25, 0.3) is 0 Å². The predicted octanol–water partition coefficient (Wildman–Crippen LogP) is 6.82. The molecule has 0 spiro atoms. The van der Waals surface area contributed by atoms with Crippen LogP contribution in [0.2, 0.25) is 0 Å². The quantitative estimate of drug-likeness (QED) is 0.323. The lowest BCUT2D eigenvalue weighted by Gasteiger charge is -2.15. The number of pyridine rings is 1. The van der Waals surface area contributed by atoms with Crippen molar-refractivity contribution in [2.45, 2.75) is 26.7 Å². The molecule has 0 aliphatic heterocycles. The van der Waals surface area contributed by atoms with E-state index >= 15 is 0 Å². The Kier molecular flexibility index (Phi) is 3.43. The van der Waals surface area contributed by atoms with Crippen LogP contribution in [0.4, 0.5) is 0 Å². The summed E-state index contributed by atoms with van der Waals surface area (Å²) >= 11 is 0. The van der Waals surface area contributed by atoms with E-state index in [4.69, 9.17) is 4.98 Å². The molecule has 1 nitrogen and oxygen atoms in total. The zero-order valence-corrected chi connectivity index (χ0v) is 15.2. The largest absolute Gasteiger partial charge is 0.252 e. The molecule has 126 valence electrons. The second-order valence-corrected chi connectivity index (χ2v) is 6.95. The highest BCUT2D eigenvalue weighted by Crippen LogP contribution is 2.38. The van der Waals surface area contributed by atoms with Crippen LogP contribution in [0.5, 0.6) is 0 Å². The highest BCUT2D eigenvalue weighted by atomic mass is 14.7. The van der Waals surface area contributed by atoms with Crippen LogP contribution in [0.25, 0.3) is 43.2 Å². The molecule has 1 heteroatoms. The molecule has 0 saturated carbocycles. The second-order valence-electron chi connectivity index (χ2n) is 6.95. The maximum atomic E-state index is 5.05. The molecular formula is C25H21N. The van der Waals surface area contributed by atoms with Crippen molar-refractivity contribution in [3.63, 3.8) is 0 Å². The van der Waals surface area contributed by atoms with Gasteiger partial charge in [0.05, 0.1) is 5.52 Å². The molecule has 0 atom stereocenters. The van der Waals surface area contributed by atoms with Crippen molar-refractivity contribution in [3.05, 3.63) is 78.0 Å². The van der Waals surface area contributed by atoms with E-state index < -0.39 is 0 Å². The summed E-state index contributed by atoms with van der Waals surface area (Å²) in [5, 5.41) is 9.23. The van der Waals surface area contributed by atoms with Crippen LogP contribution >= 0.6 is 0 Å². The first-order valence-corrected chi connectivity index (χ1v) is 9.46. The Morgan fingerprint density at radius 1 is 0.654 bits per heavy atom. The summed E-state index contributed by atoms with van der Waals surface area (Å²) in [6.07, 6.45) is 1.98. The third-order valence-electron chi connectivity index (χ3n) is 5.57. The number of rotatable bonds is 2. The average Bonchev–Trinajstić information content (AvgIpc) is 2.71. The highest BCUT2D eigenvalue weighted by Gasteiger charge is 2.14. The normalized spacial score (nSPS) is 11.8. The van der Waals surface area contributed by atoms with Crippen molar-refractivity contribution in [2.75, 3.05) is 0 Å². The van der Waals surface area contributed by atoms with Crippen molar-refractivity contribution in [1.29, 1.82) is 0 Å². The van der Waals surface area contributed by atoms with E-state index in [9.17, 15) is 0 Å². The maximum Gasteiger partial charge on any atom is 0.0718 e.